The van der Waals surface area contributed by atoms with Crippen molar-refractivity contribution in [3.63, 3.8) is 0 Å². The SMILES string of the molecule is CC1(C)c2ccccc2-c2cc3c(cc21)c1ccc2oc4ccccc4c2c1n3-c1cccc(-c2nc(-c3ccccc3)nc(-c3ccccc3)n2)c1. The van der Waals surface area contributed by atoms with Crippen molar-refractivity contribution < 1.29 is 4.42 Å². The van der Waals surface area contributed by atoms with Crippen molar-refractivity contribution in [2.45, 2.75) is 19.3 Å². The Labute approximate surface area is 305 Å². The Bertz CT molecular complexity index is 3020. The van der Waals surface area contributed by atoms with Gasteiger partial charge >= 0.3 is 0 Å². The van der Waals surface area contributed by atoms with Crippen molar-refractivity contribution in [1.82, 2.24) is 19.5 Å². The molecule has 0 atom stereocenters. The second-order valence-corrected chi connectivity index (χ2v) is 14.4. The van der Waals surface area contributed by atoms with Crippen LogP contribution >= 0.6 is 0 Å². The molecule has 5 heteroatoms. The number of rotatable bonds is 4. The fourth-order valence-electron chi connectivity index (χ4n) is 8.50. The predicted octanol–water partition coefficient (Wildman–Crippen LogP) is 12.2. The van der Waals surface area contributed by atoms with E-state index in [1.54, 1.807) is 0 Å². The highest BCUT2D eigenvalue weighted by molar-refractivity contribution is 6.25. The molecule has 7 aromatic carbocycles. The van der Waals surface area contributed by atoms with E-state index in [1.165, 1.54) is 33.0 Å². The standard InChI is InChI=1S/C48H32N4O/c1-48(2)38-22-11-9-20-33(38)36-28-40-37(27-39(36)48)34-24-25-42-43(35-21-10-12-23-41(35)53-42)44(34)52(40)32-19-13-18-31(26-32)47-50-45(29-14-5-3-6-15-29)49-46(51-47)30-16-7-4-8-17-30/h3-28H,1-2H3. The molecule has 1 aliphatic carbocycles. The van der Waals surface area contributed by atoms with Crippen molar-refractivity contribution in [3.8, 4) is 51.0 Å². The van der Waals surface area contributed by atoms with Crippen molar-refractivity contribution in [2.24, 2.45) is 0 Å². The molecular weight excluding hydrogens is 649 g/mol. The lowest BCUT2D eigenvalue weighted by Crippen LogP contribution is -2.14. The van der Waals surface area contributed by atoms with Gasteiger partial charge in [-0.2, -0.15) is 0 Å². The zero-order valence-electron chi connectivity index (χ0n) is 29.2. The van der Waals surface area contributed by atoms with Crippen LogP contribution in [0, 0.1) is 0 Å². The lowest BCUT2D eigenvalue weighted by molar-refractivity contribution is 0.661. The molecule has 1 aliphatic rings. The molecule has 0 saturated heterocycles. The van der Waals surface area contributed by atoms with Crippen LogP contribution in [-0.4, -0.2) is 19.5 Å². The maximum absolute atomic E-state index is 6.47. The van der Waals surface area contributed by atoms with E-state index >= 15 is 0 Å². The van der Waals surface area contributed by atoms with Gasteiger partial charge in [0.2, 0.25) is 0 Å². The molecule has 11 rings (SSSR count). The van der Waals surface area contributed by atoms with Crippen molar-refractivity contribution >= 4 is 43.7 Å². The molecule has 3 heterocycles. The molecular formula is C48H32N4O. The van der Waals surface area contributed by atoms with Gasteiger partial charge in [0.1, 0.15) is 11.2 Å². The summed E-state index contributed by atoms with van der Waals surface area (Å²) in [5, 5.41) is 4.62. The number of hydrogen-bond acceptors (Lipinski definition) is 4. The number of hydrogen-bond donors (Lipinski definition) is 0. The van der Waals surface area contributed by atoms with Gasteiger partial charge in [-0.3, -0.25) is 0 Å². The van der Waals surface area contributed by atoms with Gasteiger partial charge in [0.25, 0.3) is 0 Å². The van der Waals surface area contributed by atoms with E-state index in [4.69, 9.17) is 19.4 Å². The lowest BCUT2D eigenvalue weighted by atomic mass is 9.82. The molecule has 5 nitrogen and oxygen atoms in total. The largest absolute Gasteiger partial charge is 0.456 e. The third-order valence-electron chi connectivity index (χ3n) is 11.0. The van der Waals surface area contributed by atoms with Crippen LogP contribution in [0.15, 0.2) is 162 Å². The lowest BCUT2D eigenvalue weighted by Gasteiger charge is -2.21. The van der Waals surface area contributed by atoms with Crippen LogP contribution in [-0.2, 0) is 5.41 Å². The van der Waals surface area contributed by atoms with Gasteiger partial charge in [0.15, 0.2) is 17.5 Å². The summed E-state index contributed by atoms with van der Waals surface area (Å²) in [5.74, 6) is 1.90. The minimum absolute atomic E-state index is 0.119. The van der Waals surface area contributed by atoms with Crippen LogP contribution in [0.5, 0.6) is 0 Å². The van der Waals surface area contributed by atoms with E-state index in [0.717, 1.165) is 55.3 Å². The Hall–Kier alpha value is -6.85. The average Bonchev–Trinajstić information content (AvgIpc) is 3.83. The van der Waals surface area contributed by atoms with Gasteiger partial charge in [-0.25, -0.2) is 15.0 Å². The smallest absolute Gasteiger partial charge is 0.164 e. The van der Waals surface area contributed by atoms with Crippen molar-refractivity contribution in [1.29, 1.82) is 0 Å². The molecule has 0 radical (unpaired) electrons. The van der Waals surface area contributed by atoms with Crippen LogP contribution in [0.1, 0.15) is 25.0 Å². The Balaban J connectivity index is 1.21. The topological polar surface area (TPSA) is 56.7 Å². The predicted molar refractivity (Wildman–Crippen MR) is 215 cm³/mol. The van der Waals surface area contributed by atoms with Crippen molar-refractivity contribution in [3.05, 3.63) is 169 Å². The number of furan rings is 1. The van der Waals surface area contributed by atoms with Crippen LogP contribution in [0.25, 0.3) is 94.7 Å². The summed E-state index contributed by atoms with van der Waals surface area (Å²) in [5.41, 5.74) is 13.0. The first kappa shape index (κ1) is 29.8. The summed E-state index contributed by atoms with van der Waals surface area (Å²) in [6.07, 6.45) is 0. The van der Waals surface area contributed by atoms with E-state index in [-0.39, 0.29) is 5.41 Å². The van der Waals surface area contributed by atoms with E-state index in [1.807, 2.05) is 66.7 Å². The molecule has 0 N–H and O–H groups in total. The molecule has 0 amide bonds. The van der Waals surface area contributed by atoms with E-state index < -0.39 is 0 Å². The quantitative estimate of drug-likeness (QED) is 0.186. The summed E-state index contributed by atoms with van der Waals surface area (Å²) >= 11 is 0. The van der Waals surface area contributed by atoms with Crippen LogP contribution in [0.4, 0.5) is 0 Å². The Morgan fingerprint density at radius 3 is 1.87 bits per heavy atom. The van der Waals surface area contributed by atoms with Crippen LogP contribution in [0.3, 0.4) is 0 Å². The number of nitrogens with zero attached hydrogens (tertiary/aromatic N) is 4. The normalized spacial score (nSPS) is 13.2. The highest BCUT2D eigenvalue weighted by atomic mass is 16.3. The molecule has 0 spiro atoms. The second-order valence-electron chi connectivity index (χ2n) is 14.4. The molecule has 0 bridgehead atoms. The maximum atomic E-state index is 6.47. The fourth-order valence-corrected chi connectivity index (χ4v) is 8.50. The summed E-state index contributed by atoms with van der Waals surface area (Å²) in [6, 6.07) is 55.2. The highest BCUT2D eigenvalue weighted by Crippen LogP contribution is 2.51. The Morgan fingerprint density at radius 2 is 1.11 bits per heavy atom. The van der Waals surface area contributed by atoms with E-state index in [2.05, 4.69) is 109 Å². The minimum Gasteiger partial charge on any atom is -0.456 e. The zero-order chi connectivity index (χ0) is 35.3. The van der Waals surface area contributed by atoms with Gasteiger partial charge in [-0.05, 0) is 64.7 Å². The summed E-state index contributed by atoms with van der Waals surface area (Å²) in [4.78, 5) is 15.1. The first-order valence-electron chi connectivity index (χ1n) is 18.0. The molecule has 53 heavy (non-hydrogen) atoms. The van der Waals surface area contributed by atoms with Gasteiger partial charge in [0.05, 0.1) is 16.4 Å². The Kier molecular flexibility index (Phi) is 6.23. The third-order valence-corrected chi connectivity index (χ3v) is 11.0. The second kappa shape index (κ2) is 11.1. The number of para-hydroxylation sites is 1. The van der Waals surface area contributed by atoms with E-state index in [9.17, 15) is 0 Å². The molecule has 0 fully saturated rings. The maximum Gasteiger partial charge on any atom is 0.164 e. The van der Waals surface area contributed by atoms with Crippen LogP contribution in [0.2, 0.25) is 0 Å². The first-order chi connectivity index (χ1) is 26.0. The third kappa shape index (κ3) is 4.40. The highest BCUT2D eigenvalue weighted by Gasteiger charge is 2.36. The fraction of sp³-hybridized carbons (Fsp3) is 0.0625. The first-order valence-corrected chi connectivity index (χ1v) is 18.0. The summed E-state index contributed by atoms with van der Waals surface area (Å²) < 4.78 is 8.89. The van der Waals surface area contributed by atoms with Gasteiger partial charge in [-0.1, -0.05) is 129 Å². The zero-order valence-corrected chi connectivity index (χ0v) is 29.2. The molecule has 0 unspecified atom stereocenters. The van der Waals surface area contributed by atoms with Crippen LogP contribution < -0.4 is 0 Å². The molecule has 0 saturated carbocycles. The molecule has 250 valence electrons. The van der Waals surface area contributed by atoms with Crippen molar-refractivity contribution in [2.75, 3.05) is 0 Å². The number of benzene rings is 7. The molecule has 0 aliphatic heterocycles. The van der Waals surface area contributed by atoms with E-state index in [0.29, 0.717) is 17.5 Å². The summed E-state index contributed by atoms with van der Waals surface area (Å²) in [7, 11) is 0. The molecule has 10 aromatic rings. The average molecular weight is 681 g/mol. The summed E-state index contributed by atoms with van der Waals surface area (Å²) in [6.45, 7) is 4.69. The minimum atomic E-state index is -0.119. The van der Waals surface area contributed by atoms with Gasteiger partial charge in [0, 0.05) is 44.0 Å². The Morgan fingerprint density at radius 1 is 0.472 bits per heavy atom. The van der Waals surface area contributed by atoms with Gasteiger partial charge < -0.3 is 8.98 Å². The number of aromatic nitrogens is 4. The number of fused-ring (bicyclic) bond motifs is 10. The monoisotopic (exact) mass is 680 g/mol. The van der Waals surface area contributed by atoms with Gasteiger partial charge in [-0.15, -0.1) is 0 Å². The molecule has 3 aromatic heterocycles.